The van der Waals surface area contributed by atoms with Crippen molar-refractivity contribution in [3.63, 3.8) is 0 Å². The second kappa shape index (κ2) is 5.15. The third-order valence-electron chi connectivity index (χ3n) is 3.60. The molecular weight excluding hydrogens is 215 g/mol. The van der Waals surface area contributed by atoms with E-state index in [1.54, 1.807) is 0 Å². The normalized spacial score (nSPS) is 26.4. The highest BCUT2D eigenvalue weighted by atomic mass is 19.1. The van der Waals surface area contributed by atoms with Crippen molar-refractivity contribution in [3.05, 3.63) is 35.6 Å². The van der Waals surface area contributed by atoms with Crippen LogP contribution in [-0.4, -0.2) is 23.5 Å². The van der Waals surface area contributed by atoms with Crippen LogP contribution in [0.3, 0.4) is 0 Å². The van der Waals surface area contributed by atoms with Gasteiger partial charge in [0.15, 0.2) is 0 Å². The second-order valence-electron chi connectivity index (χ2n) is 5.18. The number of halogens is 1. The van der Waals surface area contributed by atoms with Crippen LogP contribution in [0, 0.1) is 5.82 Å². The van der Waals surface area contributed by atoms with Crippen LogP contribution in [0.1, 0.15) is 38.3 Å². The molecule has 1 heterocycles. The van der Waals surface area contributed by atoms with E-state index in [9.17, 15) is 4.39 Å². The van der Waals surface area contributed by atoms with E-state index in [2.05, 4.69) is 18.7 Å². The lowest BCUT2D eigenvalue weighted by Crippen LogP contribution is -2.45. The van der Waals surface area contributed by atoms with Crippen LogP contribution in [0.25, 0.3) is 0 Å². The summed E-state index contributed by atoms with van der Waals surface area (Å²) < 4.78 is 12.9. The highest BCUT2D eigenvalue weighted by Crippen LogP contribution is 2.31. The summed E-state index contributed by atoms with van der Waals surface area (Å²) in [7, 11) is 0. The lowest BCUT2D eigenvalue weighted by atomic mass is 9.91. The fourth-order valence-corrected chi connectivity index (χ4v) is 2.64. The van der Waals surface area contributed by atoms with Crippen molar-refractivity contribution in [2.45, 2.75) is 44.8 Å². The van der Waals surface area contributed by atoms with Crippen molar-refractivity contribution in [3.8, 4) is 0 Å². The SMILES string of the molecule is CC(C)N1CC[C@@H](N)C[C@H]1c1ccc(F)cc1. The van der Waals surface area contributed by atoms with Crippen molar-refractivity contribution in [1.29, 1.82) is 0 Å². The molecule has 0 amide bonds. The van der Waals surface area contributed by atoms with Gasteiger partial charge in [-0.2, -0.15) is 0 Å². The van der Waals surface area contributed by atoms with E-state index in [0.29, 0.717) is 12.1 Å². The van der Waals surface area contributed by atoms with E-state index >= 15 is 0 Å². The molecule has 1 aliphatic heterocycles. The van der Waals surface area contributed by atoms with Crippen LogP contribution in [0.15, 0.2) is 24.3 Å². The Kier molecular flexibility index (Phi) is 3.79. The average Bonchev–Trinajstić information content (AvgIpc) is 2.29. The van der Waals surface area contributed by atoms with E-state index in [1.807, 2.05) is 12.1 Å². The number of piperidine rings is 1. The summed E-state index contributed by atoms with van der Waals surface area (Å²) in [5.74, 6) is -0.176. The van der Waals surface area contributed by atoms with Crippen molar-refractivity contribution in [1.82, 2.24) is 4.90 Å². The Morgan fingerprint density at radius 2 is 1.94 bits per heavy atom. The summed E-state index contributed by atoms with van der Waals surface area (Å²) in [5, 5.41) is 0. The smallest absolute Gasteiger partial charge is 0.123 e. The zero-order valence-electron chi connectivity index (χ0n) is 10.6. The van der Waals surface area contributed by atoms with Crippen LogP contribution in [-0.2, 0) is 0 Å². The van der Waals surface area contributed by atoms with Gasteiger partial charge in [-0.15, -0.1) is 0 Å². The topological polar surface area (TPSA) is 29.3 Å². The Morgan fingerprint density at radius 3 is 2.53 bits per heavy atom. The minimum atomic E-state index is -0.176. The monoisotopic (exact) mass is 236 g/mol. The fourth-order valence-electron chi connectivity index (χ4n) is 2.64. The molecule has 2 atom stereocenters. The van der Waals surface area contributed by atoms with Crippen molar-refractivity contribution < 1.29 is 4.39 Å². The van der Waals surface area contributed by atoms with Crippen molar-refractivity contribution in [2.24, 2.45) is 5.73 Å². The van der Waals surface area contributed by atoms with Gasteiger partial charge >= 0.3 is 0 Å². The van der Waals surface area contributed by atoms with E-state index in [0.717, 1.165) is 19.4 Å². The Balaban J connectivity index is 2.22. The van der Waals surface area contributed by atoms with E-state index < -0.39 is 0 Å². The van der Waals surface area contributed by atoms with E-state index in [-0.39, 0.29) is 11.9 Å². The molecule has 0 bridgehead atoms. The molecule has 2 rings (SSSR count). The maximum atomic E-state index is 12.9. The maximum Gasteiger partial charge on any atom is 0.123 e. The summed E-state index contributed by atoms with van der Waals surface area (Å²) in [4.78, 5) is 2.45. The molecule has 1 aliphatic rings. The lowest BCUT2D eigenvalue weighted by molar-refractivity contribution is 0.101. The molecule has 3 heteroatoms. The molecule has 0 saturated carbocycles. The van der Waals surface area contributed by atoms with Gasteiger partial charge in [-0.05, 0) is 44.4 Å². The predicted octanol–water partition coefficient (Wildman–Crippen LogP) is 2.70. The third kappa shape index (κ3) is 2.85. The summed E-state index contributed by atoms with van der Waals surface area (Å²) in [6.07, 6.45) is 2.01. The first-order valence-corrected chi connectivity index (χ1v) is 6.34. The fraction of sp³-hybridized carbons (Fsp3) is 0.571. The average molecular weight is 236 g/mol. The molecule has 1 aromatic rings. The van der Waals surface area contributed by atoms with Crippen LogP contribution in [0.2, 0.25) is 0 Å². The molecule has 1 saturated heterocycles. The molecule has 94 valence electrons. The molecule has 0 unspecified atom stereocenters. The molecule has 1 fully saturated rings. The highest BCUT2D eigenvalue weighted by Gasteiger charge is 2.29. The molecule has 1 aromatic carbocycles. The molecule has 0 radical (unpaired) electrons. The summed E-state index contributed by atoms with van der Waals surface area (Å²) in [5.41, 5.74) is 7.23. The van der Waals surface area contributed by atoms with Gasteiger partial charge in [0.25, 0.3) is 0 Å². The largest absolute Gasteiger partial charge is 0.328 e. The number of hydrogen-bond donors (Lipinski definition) is 1. The Morgan fingerprint density at radius 1 is 1.29 bits per heavy atom. The first kappa shape index (κ1) is 12.5. The van der Waals surface area contributed by atoms with E-state index in [1.165, 1.54) is 17.7 Å². The Bertz CT molecular complexity index is 361. The maximum absolute atomic E-state index is 12.9. The molecule has 0 aromatic heterocycles. The molecule has 0 aliphatic carbocycles. The van der Waals surface area contributed by atoms with Crippen LogP contribution in [0.4, 0.5) is 4.39 Å². The zero-order chi connectivity index (χ0) is 12.4. The van der Waals surface area contributed by atoms with Gasteiger partial charge in [-0.3, -0.25) is 4.90 Å². The number of likely N-dealkylation sites (tertiary alicyclic amines) is 1. The van der Waals surface area contributed by atoms with Gasteiger partial charge < -0.3 is 5.73 Å². The quantitative estimate of drug-likeness (QED) is 0.855. The van der Waals surface area contributed by atoms with Gasteiger partial charge in [0, 0.05) is 24.7 Å². The number of rotatable bonds is 2. The molecule has 0 spiro atoms. The Hall–Kier alpha value is -0.930. The minimum absolute atomic E-state index is 0.176. The molecular formula is C14H21FN2. The van der Waals surface area contributed by atoms with Crippen molar-refractivity contribution >= 4 is 0 Å². The van der Waals surface area contributed by atoms with Gasteiger partial charge in [0.1, 0.15) is 5.82 Å². The predicted molar refractivity (Wildman–Crippen MR) is 68.2 cm³/mol. The molecule has 2 nitrogen and oxygen atoms in total. The first-order chi connectivity index (χ1) is 8.08. The zero-order valence-corrected chi connectivity index (χ0v) is 10.6. The summed E-state index contributed by atoms with van der Waals surface area (Å²) in [6.45, 7) is 5.43. The summed E-state index contributed by atoms with van der Waals surface area (Å²) >= 11 is 0. The van der Waals surface area contributed by atoms with Crippen LogP contribution < -0.4 is 5.73 Å². The standard InChI is InChI=1S/C14H21FN2/c1-10(2)17-8-7-13(16)9-14(17)11-3-5-12(15)6-4-11/h3-6,10,13-14H,7-9,16H2,1-2H3/t13-,14+/m1/s1. The number of hydrogen-bond acceptors (Lipinski definition) is 2. The van der Waals surface area contributed by atoms with Gasteiger partial charge in [0.2, 0.25) is 0 Å². The van der Waals surface area contributed by atoms with E-state index in [4.69, 9.17) is 5.73 Å². The van der Waals surface area contributed by atoms with Gasteiger partial charge in [-0.25, -0.2) is 4.39 Å². The highest BCUT2D eigenvalue weighted by molar-refractivity contribution is 5.21. The number of nitrogens with two attached hydrogens (primary N) is 1. The molecule has 17 heavy (non-hydrogen) atoms. The van der Waals surface area contributed by atoms with Crippen LogP contribution >= 0.6 is 0 Å². The first-order valence-electron chi connectivity index (χ1n) is 6.34. The van der Waals surface area contributed by atoms with Crippen LogP contribution in [0.5, 0.6) is 0 Å². The van der Waals surface area contributed by atoms with Crippen molar-refractivity contribution in [2.75, 3.05) is 6.54 Å². The lowest BCUT2D eigenvalue weighted by Gasteiger charge is -2.41. The van der Waals surface area contributed by atoms with Gasteiger partial charge in [0.05, 0.1) is 0 Å². The second-order valence-corrected chi connectivity index (χ2v) is 5.18. The summed E-state index contributed by atoms with van der Waals surface area (Å²) in [6, 6.07) is 7.93. The van der Waals surface area contributed by atoms with Gasteiger partial charge in [-0.1, -0.05) is 12.1 Å². The number of nitrogens with zero attached hydrogens (tertiary/aromatic N) is 1. The minimum Gasteiger partial charge on any atom is -0.328 e. The number of benzene rings is 1. The molecule has 2 N–H and O–H groups in total. The Labute approximate surface area is 103 Å². The third-order valence-corrected chi connectivity index (χ3v) is 3.60.